The number of esters is 1. The third kappa shape index (κ3) is 5.31. The summed E-state index contributed by atoms with van der Waals surface area (Å²) >= 11 is 0. The van der Waals surface area contributed by atoms with Crippen LogP contribution in [0.25, 0.3) is 0 Å². The Morgan fingerprint density at radius 2 is 1.72 bits per heavy atom. The van der Waals surface area contributed by atoms with E-state index in [1.165, 1.54) is 6.08 Å². The number of carbonyl (C=O) groups excluding carboxylic acids is 2. The minimum absolute atomic E-state index is 0.379. The number of allylic oxidation sites excluding steroid dienone is 1. The molecule has 0 heterocycles. The Morgan fingerprint density at radius 1 is 1.04 bits per heavy atom. The predicted octanol–water partition coefficient (Wildman–Crippen LogP) is 4.49. The average molecular weight is 337 g/mol. The third-order valence-corrected chi connectivity index (χ3v) is 3.63. The highest BCUT2D eigenvalue weighted by atomic mass is 16.5. The van der Waals surface area contributed by atoms with Crippen molar-refractivity contribution in [2.24, 2.45) is 0 Å². The van der Waals surface area contributed by atoms with E-state index in [9.17, 15) is 9.59 Å². The molecule has 2 aromatic rings. The molecule has 0 fully saturated rings. The van der Waals surface area contributed by atoms with Crippen molar-refractivity contribution in [2.45, 2.75) is 33.8 Å². The number of benzene rings is 2. The Labute approximate surface area is 148 Å². The molecule has 25 heavy (non-hydrogen) atoms. The van der Waals surface area contributed by atoms with E-state index < -0.39 is 12.1 Å². The van der Waals surface area contributed by atoms with Crippen molar-refractivity contribution in [1.29, 1.82) is 0 Å². The molecule has 0 spiro atoms. The van der Waals surface area contributed by atoms with Gasteiger partial charge in [-0.3, -0.25) is 4.79 Å². The second kappa shape index (κ2) is 8.29. The largest absolute Gasteiger partial charge is 0.444 e. The van der Waals surface area contributed by atoms with E-state index in [1.807, 2.05) is 50.2 Å². The van der Waals surface area contributed by atoms with Crippen molar-refractivity contribution in [2.75, 3.05) is 5.32 Å². The van der Waals surface area contributed by atoms with Crippen LogP contribution in [0.15, 0.2) is 60.2 Å². The van der Waals surface area contributed by atoms with Crippen molar-refractivity contribution in [3.05, 3.63) is 76.9 Å². The zero-order valence-corrected chi connectivity index (χ0v) is 15.0. The highest BCUT2D eigenvalue weighted by Gasteiger charge is 2.24. The van der Waals surface area contributed by atoms with Gasteiger partial charge in [-0.05, 0) is 44.9 Å². The number of amides is 1. The molecule has 1 N–H and O–H groups in total. The SMILES string of the molecule is CC(C)=CC(=O)O[C@@H](C(=O)Nc1cc(C)ccc1C)c1ccccc1. The monoisotopic (exact) mass is 337 g/mol. The first-order valence-corrected chi connectivity index (χ1v) is 8.15. The van der Waals surface area contributed by atoms with Crippen molar-refractivity contribution in [1.82, 2.24) is 0 Å². The molecule has 0 aliphatic carbocycles. The Morgan fingerprint density at radius 3 is 2.36 bits per heavy atom. The molecule has 1 atom stereocenters. The number of hydrogen-bond donors (Lipinski definition) is 1. The van der Waals surface area contributed by atoms with Crippen molar-refractivity contribution in [3.63, 3.8) is 0 Å². The Balaban J connectivity index is 2.28. The van der Waals surface area contributed by atoms with Crippen LogP contribution in [-0.4, -0.2) is 11.9 Å². The highest BCUT2D eigenvalue weighted by Crippen LogP contribution is 2.23. The summed E-state index contributed by atoms with van der Waals surface area (Å²) in [6.45, 7) is 7.48. The quantitative estimate of drug-likeness (QED) is 0.646. The third-order valence-electron chi connectivity index (χ3n) is 3.63. The number of nitrogens with one attached hydrogen (secondary N) is 1. The van der Waals surface area contributed by atoms with Crippen LogP contribution in [0.1, 0.15) is 36.6 Å². The fourth-order valence-corrected chi connectivity index (χ4v) is 2.36. The molecule has 0 bridgehead atoms. The van der Waals surface area contributed by atoms with Gasteiger partial charge in [-0.1, -0.05) is 48.0 Å². The lowest BCUT2D eigenvalue weighted by Crippen LogP contribution is -2.25. The Hall–Kier alpha value is -2.88. The summed E-state index contributed by atoms with van der Waals surface area (Å²) in [5.41, 5.74) is 4.14. The number of carbonyl (C=O) groups is 2. The maximum atomic E-state index is 12.8. The maximum absolute atomic E-state index is 12.8. The average Bonchev–Trinajstić information content (AvgIpc) is 2.56. The van der Waals surface area contributed by atoms with Gasteiger partial charge in [-0.2, -0.15) is 0 Å². The molecule has 2 aromatic carbocycles. The smallest absolute Gasteiger partial charge is 0.331 e. The molecule has 0 radical (unpaired) electrons. The fraction of sp³-hybridized carbons (Fsp3) is 0.238. The first kappa shape index (κ1) is 18.5. The van der Waals surface area contributed by atoms with E-state index >= 15 is 0 Å². The van der Waals surface area contributed by atoms with Crippen LogP contribution in [0.4, 0.5) is 5.69 Å². The maximum Gasteiger partial charge on any atom is 0.331 e. The topological polar surface area (TPSA) is 55.4 Å². The van der Waals surface area contributed by atoms with Gasteiger partial charge < -0.3 is 10.1 Å². The van der Waals surface area contributed by atoms with Crippen molar-refractivity contribution < 1.29 is 14.3 Å². The Kier molecular flexibility index (Phi) is 6.12. The summed E-state index contributed by atoms with van der Waals surface area (Å²) in [5, 5.41) is 2.87. The normalized spacial score (nSPS) is 11.4. The predicted molar refractivity (Wildman–Crippen MR) is 99.3 cm³/mol. The lowest BCUT2D eigenvalue weighted by Gasteiger charge is -2.18. The van der Waals surface area contributed by atoms with Crippen LogP contribution in [-0.2, 0) is 14.3 Å². The first-order valence-electron chi connectivity index (χ1n) is 8.15. The first-order chi connectivity index (χ1) is 11.9. The molecular weight excluding hydrogens is 314 g/mol. The van der Waals surface area contributed by atoms with Gasteiger partial charge in [0, 0.05) is 17.3 Å². The molecule has 1 amide bonds. The lowest BCUT2D eigenvalue weighted by atomic mass is 10.1. The summed E-state index contributed by atoms with van der Waals surface area (Å²) in [7, 11) is 0. The van der Waals surface area contributed by atoms with E-state index in [0.29, 0.717) is 11.3 Å². The molecule has 2 rings (SSSR count). The molecule has 0 aromatic heterocycles. The summed E-state index contributed by atoms with van der Waals surface area (Å²) in [4.78, 5) is 24.8. The van der Waals surface area contributed by atoms with Crippen LogP contribution in [0, 0.1) is 13.8 Å². The van der Waals surface area contributed by atoms with Gasteiger partial charge in [-0.15, -0.1) is 0 Å². The second-order valence-corrected chi connectivity index (χ2v) is 6.26. The second-order valence-electron chi connectivity index (χ2n) is 6.26. The molecule has 0 saturated carbocycles. The summed E-state index contributed by atoms with van der Waals surface area (Å²) in [5.74, 6) is -0.916. The zero-order chi connectivity index (χ0) is 18.4. The molecule has 0 saturated heterocycles. The molecule has 4 heteroatoms. The molecule has 0 aliphatic heterocycles. The molecule has 4 nitrogen and oxygen atoms in total. The number of anilines is 1. The van der Waals surface area contributed by atoms with Crippen LogP contribution >= 0.6 is 0 Å². The molecular formula is C21H23NO3. The minimum Gasteiger partial charge on any atom is -0.444 e. The van der Waals surface area contributed by atoms with E-state index in [-0.39, 0.29) is 5.91 Å². The van der Waals surface area contributed by atoms with Crippen molar-refractivity contribution in [3.8, 4) is 0 Å². The van der Waals surface area contributed by atoms with E-state index in [2.05, 4.69) is 5.32 Å². The molecule has 0 aliphatic rings. The van der Waals surface area contributed by atoms with Gasteiger partial charge in [0.05, 0.1) is 0 Å². The van der Waals surface area contributed by atoms with Crippen LogP contribution < -0.4 is 5.32 Å². The molecule has 0 unspecified atom stereocenters. The number of aryl methyl sites for hydroxylation is 2. The standard InChI is InChI=1S/C21H23NO3/c1-14(2)12-19(23)25-20(17-8-6-5-7-9-17)21(24)22-18-13-15(3)10-11-16(18)4/h5-13,20H,1-4H3,(H,22,24)/t20-/m1/s1. The number of ether oxygens (including phenoxy) is 1. The van der Waals surface area contributed by atoms with E-state index in [1.54, 1.807) is 26.0 Å². The van der Waals surface area contributed by atoms with E-state index in [0.717, 1.165) is 16.7 Å². The Bertz CT molecular complexity index is 790. The van der Waals surface area contributed by atoms with Gasteiger partial charge >= 0.3 is 5.97 Å². The minimum atomic E-state index is -1.01. The van der Waals surface area contributed by atoms with Gasteiger partial charge in [0.1, 0.15) is 0 Å². The van der Waals surface area contributed by atoms with Gasteiger partial charge in [0.25, 0.3) is 5.91 Å². The summed E-state index contributed by atoms with van der Waals surface area (Å²) < 4.78 is 5.42. The summed E-state index contributed by atoms with van der Waals surface area (Å²) in [6.07, 6.45) is 0.366. The number of hydrogen-bond acceptors (Lipinski definition) is 3. The fourth-order valence-electron chi connectivity index (χ4n) is 2.36. The summed E-state index contributed by atoms with van der Waals surface area (Å²) in [6, 6.07) is 14.8. The van der Waals surface area contributed by atoms with Crippen molar-refractivity contribution >= 4 is 17.6 Å². The lowest BCUT2D eigenvalue weighted by molar-refractivity contribution is -0.149. The zero-order valence-electron chi connectivity index (χ0n) is 15.0. The van der Waals surface area contributed by atoms with Crippen LogP contribution in [0.2, 0.25) is 0 Å². The van der Waals surface area contributed by atoms with Gasteiger partial charge in [0.2, 0.25) is 6.10 Å². The van der Waals surface area contributed by atoms with Crippen LogP contribution in [0.3, 0.4) is 0 Å². The number of rotatable bonds is 5. The van der Waals surface area contributed by atoms with E-state index in [4.69, 9.17) is 4.74 Å². The van der Waals surface area contributed by atoms with Crippen LogP contribution in [0.5, 0.6) is 0 Å². The highest BCUT2D eigenvalue weighted by molar-refractivity contribution is 5.97. The van der Waals surface area contributed by atoms with Gasteiger partial charge in [-0.25, -0.2) is 4.79 Å². The molecule has 130 valence electrons. The van der Waals surface area contributed by atoms with Gasteiger partial charge in [0.15, 0.2) is 0 Å².